The SMILES string of the molecule is NS(=O)(=O)c1ccc(CCNC(=O)c2cc3c(o2)CCCC3=O)cc1. The monoisotopic (exact) mass is 362 g/mol. The van der Waals surface area contributed by atoms with E-state index in [1.54, 1.807) is 12.1 Å². The summed E-state index contributed by atoms with van der Waals surface area (Å²) in [4.78, 5) is 24.0. The molecule has 1 amide bonds. The smallest absolute Gasteiger partial charge is 0.287 e. The van der Waals surface area contributed by atoms with Gasteiger partial charge in [0.2, 0.25) is 10.0 Å². The van der Waals surface area contributed by atoms with Crippen LogP contribution in [0.25, 0.3) is 0 Å². The first-order valence-corrected chi connectivity index (χ1v) is 9.45. The molecule has 8 heteroatoms. The van der Waals surface area contributed by atoms with E-state index in [0.717, 1.165) is 12.0 Å². The third-order valence-corrected chi connectivity index (χ3v) is 5.02. The van der Waals surface area contributed by atoms with Crippen molar-refractivity contribution in [1.82, 2.24) is 5.32 Å². The van der Waals surface area contributed by atoms with Gasteiger partial charge in [-0.25, -0.2) is 13.6 Å². The number of sulfonamides is 1. The van der Waals surface area contributed by atoms with Crippen LogP contribution >= 0.6 is 0 Å². The van der Waals surface area contributed by atoms with Crippen LogP contribution in [0.2, 0.25) is 0 Å². The number of Topliss-reactive ketones (excluding diaryl/α,β-unsaturated/α-hetero) is 1. The van der Waals surface area contributed by atoms with Gasteiger partial charge in [0.05, 0.1) is 10.5 Å². The molecule has 3 rings (SSSR count). The molecule has 0 saturated heterocycles. The van der Waals surface area contributed by atoms with E-state index >= 15 is 0 Å². The highest BCUT2D eigenvalue weighted by Gasteiger charge is 2.24. The second-order valence-corrected chi connectivity index (χ2v) is 7.48. The maximum Gasteiger partial charge on any atom is 0.287 e. The van der Waals surface area contributed by atoms with Crippen LogP contribution in [-0.2, 0) is 22.9 Å². The summed E-state index contributed by atoms with van der Waals surface area (Å²) < 4.78 is 27.9. The van der Waals surface area contributed by atoms with Gasteiger partial charge in [0.15, 0.2) is 11.5 Å². The second-order valence-electron chi connectivity index (χ2n) is 5.92. The van der Waals surface area contributed by atoms with Gasteiger partial charge >= 0.3 is 0 Å². The van der Waals surface area contributed by atoms with Crippen molar-refractivity contribution in [3.05, 3.63) is 53.0 Å². The number of fused-ring (bicyclic) bond motifs is 1. The molecule has 7 nitrogen and oxygen atoms in total. The summed E-state index contributed by atoms with van der Waals surface area (Å²) in [6.07, 6.45) is 2.43. The number of hydrogen-bond donors (Lipinski definition) is 2. The number of carbonyl (C=O) groups is 2. The highest BCUT2D eigenvalue weighted by molar-refractivity contribution is 7.89. The summed E-state index contributed by atoms with van der Waals surface area (Å²) in [5.74, 6) is 0.368. The van der Waals surface area contributed by atoms with Crippen LogP contribution in [0.4, 0.5) is 0 Å². The minimum Gasteiger partial charge on any atom is -0.455 e. The Labute approximate surface area is 145 Å². The molecule has 1 aliphatic rings. The maximum absolute atomic E-state index is 12.1. The average Bonchev–Trinajstić information content (AvgIpc) is 3.00. The summed E-state index contributed by atoms with van der Waals surface area (Å²) in [5, 5.41) is 7.77. The molecule has 25 heavy (non-hydrogen) atoms. The average molecular weight is 362 g/mol. The van der Waals surface area contributed by atoms with Crippen LogP contribution in [0, 0.1) is 0 Å². The lowest BCUT2D eigenvalue weighted by Gasteiger charge is -2.06. The van der Waals surface area contributed by atoms with Gasteiger partial charge in [0.25, 0.3) is 5.91 Å². The Morgan fingerprint density at radius 3 is 2.56 bits per heavy atom. The van der Waals surface area contributed by atoms with E-state index in [2.05, 4.69) is 5.32 Å². The Bertz CT molecular complexity index is 913. The van der Waals surface area contributed by atoms with E-state index < -0.39 is 10.0 Å². The maximum atomic E-state index is 12.1. The van der Waals surface area contributed by atoms with Crippen molar-refractivity contribution in [3.8, 4) is 0 Å². The normalized spacial score (nSPS) is 14.2. The summed E-state index contributed by atoms with van der Waals surface area (Å²) in [7, 11) is -3.71. The summed E-state index contributed by atoms with van der Waals surface area (Å²) >= 11 is 0. The Kier molecular flexibility index (Phi) is 4.73. The topological polar surface area (TPSA) is 119 Å². The molecular weight excluding hydrogens is 344 g/mol. The Morgan fingerprint density at radius 1 is 1.20 bits per heavy atom. The molecule has 1 heterocycles. The number of benzene rings is 1. The molecule has 3 N–H and O–H groups in total. The molecule has 1 aromatic heterocycles. The number of amides is 1. The molecule has 1 aromatic carbocycles. The first kappa shape index (κ1) is 17.4. The number of primary sulfonamides is 1. The lowest BCUT2D eigenvalue weighted by atomic mass is 9.97. The lowest BCUT2D eigenvalue weighted by molar-refractivity contribution is 0.0920. The van der Waals surface area contributed by atoms with Crippen LogP contribution in [-0.4, -0.2) is 26.7 Å². The van der Waals surface area contributed by atoms with Gasteiger partial charge in [-0.3, -0.25) is 9.59 Å². The minimum absolute atomic E-state index is 0.0130. The number of hydrogen-bond acceptors (Lipinski definition) is 5. The third-order valence-electron chi connectivity index (χ3n) is 4.09. The first-order valence-electron chi connectivity index (χ1n) is 7.90. The molecule has 0 bridgehead atoms. The van der Waals surface area contributed by atoms with Gasteiger partial charge in [-0.15, -0.1) is 0 Å². The molecule has 0 fully saturated rings. The van der Waals surface area contributed by atoms with Crippen LogP contribution in [0.5, 0.6) is 0 Å². The van der Waals surface area contributed by atoms with Gasteiger partial charge < -0.3 is 9.73 Å². The molecule has 1 aliphatic carbocycles. The predicted molar refractivity (Wildman–Crippen MR) is 89.8 cm³/mol. The van der Waals surface area contributed by atoms with Gasteiger partial charge in [-0.2, -0.15) is 0 Å². The number of rotatable bonds is 5. The van der Waals surface area contributed by atoms with Crippen molar-refractivity contribution >= 4 is 21.7 Å². The standard InChI is InChI=1S/C17H18N2O5S/c18-25(22,23)12-6-4-11(5-7-12)8-9-19-17(21)16-10-13-14(20)2-1-3-15(13)24-16/h4-7,10H,1-3,8-9H2,(H,19,21)(H2,18,22,23). The predicted octanol–water partition coefficient (Wildman–Crippen LogP) is 1.42. The molecule has 2 aromatic rings. The van der Waals surface area contributed by atoms with Crippen molar-refractivity contribution < 1.29 is 22.4 Å². The number of nitrogens with two attached hydrogens (primary N) is 1. The summed E-state index contributed by atoms with van der Waals surface area (Å²) in [6.45, 7) is 0.354. The number of furan rings is 1. The van der Waals surface area contributed by atoms with Crippen LogP contribution < -0.4 is 10.5 Å². The third kappa shape index (κ3) is 3.97. The van der Waals surface area contributed by atoms with E-state index in [0.29, 0.717) is 37.1 Å². The number of carbonyl (C=O) groups excluding carboxylic acids is 2. The summed E-state index contributed by atoms with van der Waals surface area (Å²) in [6, 6.07) is 7.66. The van der Waals surface area contributed by atoms with E-state index in [1.165, 1.54) is 18.2 Å². The van der Waals surface area contributed by atoms with Gasteiger partial charge in [0.1, 0.15) is 5.76 Å². The van der Waals surface area contributed by atoms with Crippen LogP contribution in [0.3, 0.4) is 0 Å². The van der Waals surface area contributed by atoms with Crippen LogP contribution in [0.15, 0.2) is 39.6 Å². The Morgan fingerprint density at radius 2 is 1.92 bits per heavy atom. The molecule has 0 spiro atoms. The minimum atomic E-state index is -3.71. The van der Waals surface area contributed by atoms with Gasteiger partial charge in [0, 0.05) is 25.5 Å². The van der Waals surface area contributed by atoms with Gasteiger partial charge in [-0.1, -0.05) is 12.1 Å². The van der Waals surface area contributed by atoms with E-state index in [4.69, 9.17) is 9.56 Å². The second kappa shape index (κ2) is 6.81. The summed E-state index contributed by atoms with van der Waals surface area (Å²) in [5.41, 5.74) is 1.37. The highest BCUT2D eigenvalue weighted by Crippen LogP contribution is 2.24. The number of nitrogens with one attached hydrogen (secondary N) is 1. The lowest BCUT2D eigenvalue weighted by Crippen LogP contribution is -2.25. The largest absolute Gasteiger partial charge is 0.455 e. The van der Waals surface area contributed by atoms with E-state index in [1.807, 2.05) is 0 Å². The fourth-order valence-electron chi connectivity index (χ4n) is 2.76. The molecule has 0 radical (unpaired) electrons. The van der Waals surface area contributed by atoms with E-state index in [9.17, 15) is 18.0 Å². The Hall–Kier alpha value is -2.45. The fraction of sp³-hybridized carbons (Fsp3) is 0.294. The zero-order chi connectivity index (χ0) is 18.0. The zero-order valence-electron chi connectivity index (χ0n) is 13.4. The van der Waals surface area contributed by atoms with E-state index in [-0.39, 0.29) is 22.3 Å². The zero-order valence-corrected chi connectivity index (χ0v) is 14.3. The molecule has 132 valence electrons. The van der Waals surface area contributed by atoms with Gasteiger partial charge in [-0.05, 0) is 30.5 Å². The number of aryl methyl sites for hydroxylation is 1. The molecule has 0 unspecified atom stereocenters. The van der Waals surface area contributed by atoms with Crippen molar-refractivity contribution in [2.24, 2.45) is 5.14 Å². The molecular formula is C17H18N2O5S. The van der Waals surface area contributed by atoms with Crippen molar-refractivity contribution in [3.63, 3.8) is 0 Å². The van der Waals surface area contributed by atoms with Crippen molar-refractivity contribution in [2.75, 3.05) is 6.54 Å². The molecule has 0 atom stereocenters. The quantitative estimate of drug-likeness (QED) is 0.833. The Balaban J connectivity index is 1.57. The molecule has 0 saturated carbocycles. The van der Waals surface area contributed by atoms with Crippen molar-refractivity contribution in [2.45, 2.75) is 30.6 Å². The number of ketones is 1. The fourth-order valence-corrected chi connectivity index (χ4v) is 3.28. The first-order chi connectivity index (χ1) is 11.8. The molecule has 0 aliphatic heterocycles. The van der Waals surface area contributed by atoms with Crippen molar-refractivity contribution in [1.29, 1.82) is 0 Å². The van der Waals surface area contributed by atoms with Crippen LogP contribution in [0.1, 0.15) is 45.1 Å². The highest BCUT2D eigenvalue weighted by atomic mass is 32.2.